The highest BCUT2D eigenvalue weighted by atomic mass is 79.9. The quantitative estimate of drug-likeness (QED) is 0.482. The van der Waals surface area contributed by atoms with Crippen LogP contribution in [0.25, 0.3) is 6.08 Å². The van der Waals surface area contributed by atoms with Crippen molar-refractivity contribution in [3.63, 3.8) is 0 Å². The van der Waals surface area contributed by atoms with Crippen LogP contribution in [0.3, 0.4) is 0 Å². The van der Waals surface area contributed by atoms with Gasteiger partial charge in [-0.25, -0.2) is 0 Å². The van der Waals surface area contributed by atoms with Crippen LogP contribution < -0.4 is 9.47 Å². The topological polar surface area (TPSA) is 65.1 Å². The summed E-state index contributed by atoms with van der Waals surface area (Å²) in [6.45, 7) is 2.97. The normalized spacial score (nSPS) is 15.2. The fourth-order valence-corrected chi connectivity index (χ4v) is 4.39. The van der Waals surface area contributed by atoms with E-state index in [-0.39, 0.29) is 17.7 Å². The van der Waals surface area contributed by atoms with Crippen molar-refractivity contribution < 1.29 is 23.8 Å². The summed E-state index contributed by atoms with van der Waals surface area (Å²) in [7, 11) is 3.09. The summed E-state index contributed by atoms with van der Waals surface area (Å²) in [4.78, 5) is 26.2. The summed E-state index contributed by atoms with van der Waals surface area (Å²) < 4.78 is 17.1. The van der Waals surface area contributed by atoms with Gasteiger partial charge in [-0.15, -0.1) is 0 Å². The van der Waals surface area contributed by atoms with Gasteiger partial charge in [0.1, 0.15) is 6.61 Å². The van der Waals surface area contributed by atoms with Gasteiger partial charge in [0, 0.05) is 7.11 Å². The molecule has 1 fully saturated rings. The third-order valence-corrected chi connectivity index (χ3v) is 5.90. The van der Waals surface area contributed by atoms with Gasteiger partial charge in [-0.05, 0) is 64.0 Å². The molecule has 2 aromatic rings. The molecule has 30 heavy (non-hydrogen) atoms. The van der Waals surface area contributed by atoms with E-state index >= 15 is 0 Å². The molecule has 8 heteroatoms. The molecule has 158 valence electrons. The zero-order valence-electron chi connectivity index (χ0n) is 16.9. The van der Waals surface area contributed by atoms with E-state index < -0.39 is 0 Å². The number of hydrogen-bond acceptors (Lipinski definition) is 6. The molecule has 0 saturated carbocycles. The van der Waals surface area contributed by atoms with Gasteiger partial charge in [0.15, 0.2) is 11.5 Å². The highest BCUT2D eigenvalue weighted by molar-refractivity contribution is 9.10. The maximum atomic E-state index is 12.5. The molecule has 0 unspecified atom stereocenters. The Kier molecular flexibility index (Phi) is 7.58. The van der Waals surface area contributed by atoms with Crippen LogP contribution in [0, 0.1) is 6.92 Å². The second kappa shape index (κ2) is 10.1. The van der Waals surface area contributed by atoms with Crippen LogP contribution >= 0.6 is 27.7 Å². The number of benzene rings is 2. The molecule has 0 bridgehead atoms. The first-order chi connectivity index (χ1) is 14.4. The summed E-state index contributed by atoms with van der Waals surface area (Å²) in [6.07, 6.45) is 1.68. The van der Waals surface area contributed by atoms with E-state index in [0.717, 1.165) is 28.5 Å². The maximum Gasteiger partial charge on any atom is 0.293 e. The SMILES string of the molecule is COCCN1C(=O)S/C(=C/c2cc(Br)c(OCc3cccc(C)c3)c(OC)c2)C1=O. The van der Waals surface area contributed by atoms with E-state index in [2.05, 4.69) is 22.0 Å². The first kappa shape index (κ1) is 22.4. The van der Waals surface area contributed by atoms with Crippen molar-refractivity contribution in [1.82, 2.24) is 4.90 Å². The minimum absolute atomic E-state index is 0.233. The second-order valence-electron chi connectivity index (χ2n) is 6.64. The Morgan fingerprint density at radius 3 is 2.67 bits per heavy atom. The standard InChI is InChI=1S/C22H22BrNO5S/c1-14-5-4-6-15(9-14)13-29-20-17(23)10-16(11-18(20)28-3)12-19-21(25)24(7-8-27-2)22(26)30-19/h4-6,9-12H,7-8,13H2,1-3H3/b19-12+. The Bertz CT molecular complexity index is 991. The lowest BCUT2D eigenvalue weighted by molar-refractivity contribution is -0.123. The van der Waals surface area contributed by atoms with Crippen molar-refractivity contribution in [3.05, 3.63) is 62.5 Å². The number of ether oxygens (including phenoxy) is 3. The maximum absolute atomic E-state index is 12.5. The molecule has 2 aromatic carbocycles. The summed E-state index contributed by atoms with van der Waals surface area (Å²) in [5.41, 5.74) is 2.94. The van der Waals surface area contributed by atoms with E-state index in [1.54, 1.807) is 19.3 Å². The molecule has 0 aliphatic carbocycles. The van der Waals surface area contributed by atoms with Crippen LogP contribution in [0.2, 0.25) is 0 Å². The number of halogens is 1. The highest BCUT2D eigenvalue weighted by Crippen LogP contribution is 2.39. The fraction of sp³-hybridized carbons (Fsp3) is 0.273. The van der Waals surface area contributed by atoms with Crippen molar-refractivity contribution in [2.24, 2.45) is 0 Å². The predicted octanol–water partition coefficient (Wildman–Crippen LogP) is 5.03. The third kappa shape index (κ3) is 5.24. The van der Waals surface area contributed by atoms with Crippen LogP contribution in [0.5, 0.6) is 11.5 Å². The van der Waals surface area contributed by atoms with Gasteiger partial charge in [0.05, 0.1) is 29.6 Å². The lowest BCUT2D eigenvalue weighted by Gasteiger charge is -2.14. The smallest absolute Gasteiger partial charge is 0.293 e. The zero-order chi connectivity index (χ0) is 21.7. The molecule has 0 radical (unpaired) electrons. The molecule has 0 spiro atoms. The molecule has 1 aliphatic heterocycles. The Balaban J connectivity index is 1.81. The number of thioether (sulfide) groups is 1. The number of nitrogens with zero attached hydrogens (tertiary/aromatic N) is 1. The molecular weight excluding hydrogens is 470 g/mol. The summed E-state index contributed by atoms with van der Waals surface area (Å²) in [5.74, 6) is 0.781. The van der Waals surface area contributed by atoms with E-state index in [1.165, 1.54) is 12.0 Å². The Morgan fingerprint density at radius 1 is 1.17 bits per heavy atom. The minimum Gasteiger partial charge on any atom is -0.493 e. The monoisotopic (exact) mass is 491 g/mol. The second-order valence-corrected chi connectivity index (χ2v) is 8.49. The van der Waals surface area contributed by atoms with Crippen LogP contribution in [0.4, 0.5) is 4.79 Å². The molecule has 1 aliphatic rings. The van der Waals surface area contributed by atoms with E-state index in [1.807, 2.05) is 31.2 Å². The molecule has 3 rings (SSSR count). The third-order valence-electron chi connectivity index (χ3n) is 4.41. The number of hydrogen-bond donors (Lipinski definition) is 0. The van der Waals surface area contributed by atoms with Gasteiger partial charge >= 0.3 is 0 Å². The molecule has 0 atom stereocenters. The number of carbonyl (C=O) groups is 2. The highest BCUT2D eigenvalue weighted by Gasteiger charge is 2.34. The molecular formula is C22H22BrNO5S. The average molecular weight is 492 g/mol. The van der Waals surface area contributed by atoms with Gasteiger partial charge in [-0.1, -0.05) is 29.8 Å². The Labute approximate surface area is 188 Å². The van der Waals surface area contributed by atoms with Gasteiger partial charge in [-0.2, -0.15) is 0 Å². The number of methoxy groups -OCH3 is 2. The molecule has 1 heterocycles. The fourth-order valence-electron chi connectivity index (χ4n) is 2.95. The number of imide groups is 1. The zero-order valence-corrected chi connectivity index (χ0v) is 19.3. The van der Waals surface area contributed by atoms with E-state index in [4.69, 9.17) is 14.2 Å². The van der Waals surface area contributed by atoms with Gasteiger partial charge in [0.2, 0.25) is 0 Å². The molecule has 6 nitrogen and oxygen atoms in total. The first-order valence-corrected chi connectivity index (χ1v) is 10.8. The molecule has 0 N–H and O–H groups in total. The summed E-state index contributed by atoms with van der Waals surface area (Å²) in [5, 5.41) is -0.299. The van der Waals surface area contributed by atoms with Gasteiger partial charge in [-0.3, -0.25) is 14.5 Å². The largest absolute Gasteiger partial charge is 0.493 e. The molecule has 0 aromatic heterocycles. The summed E-state index contributed by atoms with van der Waals surface area (Å²) >= 11 is 4.44. The van der Waals surface area contributed by atoms with E-state index in [9.17, 15) is 9.59 Å². The predicted molar refractivity (Wildman–Crippen MR) is 121 cm³/mol. The number of aryl methyl sites for hydroxylation is 1. The lowest BCUT2D eigenvalue weighted by atomic mass is 10.1. The number of carbonyl (C=O) groups excluding carboxylic acids is 2. The lowest BCUT2D eigenvalue weighted by Crippen LogP contribution is -2.31. The Hall–Kier alpha value is -2.29. The van der Waals surface area contributed by atoms with Crippen molar-refractivity contribution in [3.8, 4) is 11.5 Å². The van der Waals surface area contributed by atoms with Crippen molar-refractivity contribution in [2.45, 2.75) is 13.5 Å². The molecule has 1 saturated heterocycles. The minimum atomic E-state index is -0.322. The van der Waals surface area contributed by atoms with Crippen molar-refractivity contribution in [2.75, 3.05) is 27.4 Å². The summed E-state index contributed by atoms with van der Waals surface area (Å²) in [6, 6.07) is 11.7. The van der Waals surface area contributed by atoms with Crippen molar-refractivity contribution in [1.29, 1.82) is 0 Å². The van der Waals surface area contributed by atoms with Gasteiger partial charge < -0.3 is 14.2 Å². The van der Waals surface area contributed by atoms with Crippen LogP contribution in [-0.4, -0.2) is 43.4 Å². The van der Waals surface area contributed by atoms with Crippen LogP contribution in [-0.2, 0) is 16.1 Å². The molecule has 2 amide bonds. The van der Waals surface area contributed by atoms with E-state index in [0.29, 0.717) is 34.1 Å². The number of rotatable bonds is 8. The number of amides is 2. The van der Waals surface area contributed by atoms with Crippen LogP contribution in [0.15, 0.2) is 45.8 Å². The first-order valence-electron chi connectivity index (χ1n) is 9.23. The Morgan fingerprint density at radius 2 is 1.97 bits per heavy atom. The van der Waals surface area contributed by atoms with Crippen molar-refractivity contribution >= 4 is 44.9 Å². The van der Waals surface area contributed by atoms with Crippen LogP contribution in [0.1, 0.15) is 16.7 Å². The van der Waals surface area contributed by atoms with Gasteiger partial charge in [0.25, 0.3) is 11.1 Å². The average Bonchev–Trinajstić information content (AvgIpc) is 2.98.